The summed E-state index contributed by atoms with van der Waals surface area (Å²) in [4.78, 5) is 26.2. The van der Waals surface area contributed by atoms with Gasteiger partial charge in [-0.25, -0.2) is 0 Å². The van der Waals surface area contributed by atoms with Crippen molar-refractivity contribution in [1.82, 2.24) is 19.7 Å². The van der Waals surface area contributed by atoms with Crippen LogP contribution in [0.15, 0.2) is 35.5 Å². The topological polar surface area (TPSA) is 77.3 Å². The molecule has 2 aromatic rings. The molecule has 30 heavy (non-hydrogen) atoms. The number of amides is 1. The molecule has 1 saturated heterocycles. The quantitative estimate of drug-likeness (QED) is 0.343. The van der Waals surface area contributed by atoms with Crippen LogP contribution in [0.5, 0.6) is 0 Å². The van der Waals surface area contributed by atoms with Crippen LogP contribution in [0.25, 0.3) is 5.69 Å². The van der Waals surface area contributed by atoms with Gasteiger partial charge in [-0.05, 0) is 51.7 Å². The fourth-order valence-electron chi connectivity index (χ4n) is 3.64. The Labute approximate surface area is 182 Å². The Kier molecular flexibility index (Phi) is 8.30. The van der Waals surface area contributed by atoms with Crippen LogP contribution < -0.4 is 0 Å². The van der Waals surface area contributed by atoms with Crippen LogP contribution in [0.2, 0.25) is 0 Å². The Hall–Kier alpha value is -2.35. The summed E-state index contributed by atoms with van der Waals surface area (Å²) in [5, 5.41) is 9.39. The zero-order valence-electron chi connectivity index (χ0n) is 17.7. The second-order valence-corrected chi connectivity index (χ2v) is 8.48. The number of rotatable bonds is 9. The van der Waals surface area contributed by atoms with Gasteiger partial charge in [0.1, 0.15) is 5.82 Å². The number of likely N-dealkylation sites (tertiary alicyclic amines) is 1. The molecule has 1 aromatic heterocycles. The third-order valence-electron chi connectivity index (χ3n) is 5.29. The molecule has 2 heterocycles. The first-order chi connectivity index (χ1) is 14.6. The van der Waals surface area contributed by atoms with E-state index >= 15 is 0 Å². The van der Waals surface area contributed by atoms with Gasteiger partial charge in [0, 0.05) is 31.0 Å². The number of para-hydroxylation sites is 1. The Morgan fingerprint density at radius 1 is 1.13 bits per heavy atom. The second-order valence-electron chi connectivity index (χ2n) is 7.41. The largest absolute Gasteiger partial charge is 0.466 e. The van der Waals surface area contributed by atoms with Crippen LogP contribution in [-0.4, -0.2) is 57.0 Å². The van der Waals surface area contributed by atoms with Crippen LogP contribution in [0, 0.1) is 12.8 Å². The van der Waals surface area contributed by atoms with Gasteiger partial charge in [-0.2, -0.15) is 0 Å². The maximum Gasteiger partial charge on any atom is 0.309 e. The number of carbonyl (C=O) groups is 2. The molecule has 7 nitrogen and oxygen atoms in total. The molecule has 0 N–H and O–H groups in total. The number of aromatic nitrogens is 3. The van der Waals surface area contributed by atoms with E-state index in [-0.39, 0.29) is 17.8 Å². The number of piperidine rings is 1. The number of hydrogen-bond acceptors (Lipinski definition) is 6. The van der Waals surface area contributed by atoms with Crippen molar-refractivity contribution in [2.24, 2.45) is 5.92 Å². The van der Waals surface area contributed by atoms with Gasteiger partial charge >= 0.3 is 5.97 Å². The van der Waals surface area contributed by atoms with E-state index in [9.17, 15) is 9.59 Å². The fourth-order valence-corrected chi connectivity index (χ4v) is 4.63. The average Bonchev–Trinajstić information content (AvgIpc) is 3.14. The molecule has 0 bridgehead atoms. The lowest BCUT2D eigenvalue weighted by atomic mass is 9.96. The van der Waals surface area contributed by atoms with Gasteiger partial charge in [0.25, 0.3) is 0 Å². The summed E-state index contributed by atoms with van der Waals surface area (Å²) in [6, 6.07) is 10.1. The Bertz CT molecular complexity index is 832. The zero-order valence-corrected chi connectivity index (χ0v) is 18.6. The number of ether oxygens (including phenoxy) is 1. The highest BCUT2D eigenvalue weighted by Gasteiger charge is 2.27. The Morgan fingerprint density at radius 2 is 1.87 bits per heavy atom. The normalized spacial score (nSPS) is 14.7. The monoisotopic (exact) mass is 430 g/mol. The Balaban J connectivity index is 1.37. The van der Waals surface area contributed by atoms with Crippen molar-refractivity contribution < 1.29 is 14.3 Å². The van der Waals surface area contributed by atoms with E-state index in [0.717, 1.165) is 35.3 Å². The lowest BCUT2D eigenvalue weighted by Crippen LogP contribution is -2.40. The standard InChI is InChI=1S/C22H30N4O3S/c1-3-29-21(28)18-12-14-25(15-13-18)20(27)11-7-8-16-30-22-24-23-17(2)26(22)19-9-5-4-6-10-19/h4-6,9-10,18H,3,7-8,11-16H2,1-2H3. The fraction of sp³-hybridized carbons (Fsp3) is 0.545. The van der Waals surface area contributed by atoms with Gasteiger partial charge in [-0.3, -0.25) is 14.2 Å². The second kappa shape index (κ2) is 11.2. The minimum absolute atomic E-state index is 0.0594. The van der Waals surface area contributed by atoms with Crippen molar-refractivity contribution in [3.05, 3.63) is 36.2 Å². The number of unbranched alkanes of at least 4 members (excludes halogenated alkanes) is 1. The number of carbonyl (C=O) groups excluding carboxylic acids is 2. The first-order valence-electron chi connectivity index (χ1n) is 10.6. The summed E-state index contributed by atoms with van der Waals surface area (Å²) in [5.74, 6) is 1.76. The smallest absolute Gasteiger partial charge is 0.309 e. The average molecular weight is 431 g/mol. The maximum absolute atomic E-state index is 12.5. The number of nitrogens with zero attached hydrogens (tertiary/aromatic N) is 4. The molecular formula is C22H30N4O3S. The molecule has 3 rings (SSSR count). The summed E-state index contributed by atoms with van der Waals surface area (Å²) in [5.41, 5.74) is 1.06. The van der Waals surface area contributed by atoms with Crippen molar-refractivity contribution >= 4 is 23.6 Å². The molecule has 1 aliphatic rings. The number of esters is 1. The molecule has 1 aromatic carbocycles. The predicted molar refractivity (Wildman–Crippen MR) is 117 cm³/mol. The summed E-state index contributed by atoms with van der Waals surface area (Å²) >= 11 is 1.67. The van der Waals surface area contributed by atoms with E-state index in [1.165, 1.54) is 0 Å². The lowest BCUT2D eigenvalue weighted by Gasteiger charge is -2.31. The highest BCUT2D eigenvalue weighted by Crippen LogP contribution is 2.23. The van der Waals surface area contributed by atoms with Crippen molar-refractivity contribution in [1.29, 1.82) is 0 Å². The molecule has 0 saturated carbocycles. The SMILES string of the molecule is CCOC(=O)C1CCN(C(=O)CCCCSc2nnc(C)n2-c2ccccc2)CC1. The molecule has 0 aliphatic carbocycles. The van der Waals surface area contributed by atoms with Crippen LogP contribution in [0.4, 0.5) is 0 Å². The first-order valence-corrected chi connectivity index (χ1v) is 11.6. The van der Waals surface area contributed by atoms with Gasteiger partial charge in [0.15, 0.2) is 5.16 Å². The molecule has 8 heteroatoms. The van der Waals surface area contributed by atoms with Crippen LogP contribution in [-0.2, 0) is 14.3 Å². The van der Waals surface area contributed by atoms with Crippen molar-refractivity contribution in [2.75, 3.05) is 25.4 Å². The number of hydrogen-bond donors (Lipinski definition) is 0. The predicted octanol–water partition coefficient (Wildman–Crippen LogP) is 3.64. The molecule has 1 amide bonds. The van der Waals surface area contributed by atoms with E-state index in [1.54, 1.807) is 11.8 Å². The summed E-state index contributed by atoms with van der Waals surface area (Å²) in [6.07, 6.45) is 3.75. The highest BCUT2D eigenvalue weighted by atomic mass is 32.2. The van der Waals surface area contributed by atoms with Gasteiger partial charge in [0.2, 0.25) is 5.91 Å². The van der Waals surface area contributed by atoms with Crippen LogP contribution in [0.3, 0.4) is 0 Å². The van der Waals surface area contributed by atoms with Crippen LogP contribution in [0.1, 0.15) is 44.9 Å². The highest BCUT2D eigenvalue weighted by molar-refractivity contribution is 7.99. The molecule has 1 fully saturated rings. The number of thioether (sulfide) groups is 1. The van der Waals surface area contributed by atoms with Crippen molar-refractivity contribution in [2.45, 2.75) is 51.1 Å². The van der Waals surface area contributed by atoms with E-state index in [0.29, 0.717) is 39.0 Å². The van der Waals surface area contributed by atoms with Crippen molar-refractivity contribution in [3.63, 3.8) is 0 Å². The molecule has 1 aliphatic heterocycles. The minimum atomic E-state index is -0.125. The molecule has 0 unspecified atom stereocenters. The van der Waals surface area contributed by atoms with E-state index < -0.39 is 0 Å². The summed E-state index contributed by atoms with van der Waals surface area (Å²) in [6.45, 7) is 5.49. The maximum atomic E-state index is 12.5. The number of benzene rings is 1. The summed E-state index contributed by atoms with van der Waals surface area (Å²) < 4.78 is 7.15. The molecule has 0 radical (unpaired) electrons. The van der Waals surface area contributed by atoms with E-state index in [2.05, 4.69) is 14.8 Å². The molecular weight excluding hydrogens is 400 g/mol. The van der Waals surface area contributed by atoms with Gasteiger partial charge in [-0.15, -0.1) is 10.2 Å². The Morgan fingerprint density at radius 3 is 2.57 bits per heavy atom. The molecule has 162 valence electrons. The minimum Gasteiger partial charge on any atom is -0.466 e. The third kappa shape index (κ3) is 5.84. The van der Waals surface area contributed by atoms with Gasteiger partial charge < -0.3 is 9.64 Å². The van der Waals surface area contributed by atoms with Gasteiger partial charge in [-0.1, -0.05) is 30.0 Å². The van der Waals surface area contributed by atoms with Crippen molar-refractivity contribution in [3.8, 4) is 5.69 Å². The van der Waals surface area contributed by atoms with E-state index in [1.807, 2.05) is 49.1 Å². The zero-order chi connectivity index (χ0) is 21.3. The number of aryl methyl sites for hydroxylation is 1. The third-order valence-corrected chi connectivity index (χ3v) is 6.31. The lowest BCUT2D eigenvalue weighted by molar-refractivity contribution is -0.151. The summed E-state index contributed by atoms with van der Waals surface area (Å²) in [7, 11) is 0. The van der Waals surface area contributed by atoms with Crippen LogP contribution >= 0.6 is 11.8 Å². The molecule has 0 atom stereocenters. The van der Waals surface area contributed by atoms with E-state index in [4.69, 9.17) is 4.74 Å². The first kappa shape index (κ1) is 22.3. The molecule has 0 spiro atoms. The van der Waals surface area contributed by atoms with Gasteiger partial charge in [0.05, 0.1) is 12.5 Å².